The van der Waals surface area contributed by atoms with Crippen LogP contribution in [0.3, 0.4) is 0 Å². The van der Waals surface area contributed by atoms with Gasteiger partial charge >= 0.3 is 5.88 Å². The number of nitrogens with zero attached hydrogens (tertiary/aromatic N) is 3. The maximum Gasteiger partial charge on any atom is 0.433 e. The van der Waals surface area contributed by atoms with Gasteiger partial charge in [-0.25, -0.2) is 0 Å². The van der Waals surface area contributed by atoms with Crippen molar-refractivity contribution in [1.82, 2.24) is 10.2 Å². The number of hydrogen-bond acceptors (Lipinski definition) is 7. The van der Waals surface area contributed by atoms with Crippen molar-refractivity contribution in [3.63, 3.8) is 0 Å². The van der Waals surface area contributed by atoms with E-state index < -0.39 is 4.92 Å². The van der Waals surface area contributed by atoms with Gasteiger partial charge in [0.05, 0.1) is 6.07 Å². The van der Waals surface area contributed by atoms with Crippen molar-refractivity contribution >= 4 is 40.6 Å². The van der Waals surface area contributed by atoms with Crippen LogP contribution in [0.4, 0.5) is 5.88 Å². The van der Waals surface area contributed by atoms with Crippen LogP contribution in [0.25, 0.3) is 10.8 Å². The molecule has 0 aliphatic heterocycles. The zero-order valence-corrected chi connectivity index (χ0v) is 13.3. The highest BCUT2D eigenvalue weighted by Gasteiger charge is 2.16. The van der Waals surface area contributed by atoms with E-state index in [9.17, 15) is 10.1 Å². The first-order valence-corrected chi connectivity index (χ1v) is 8.25. The predicted octanol–water partition coefficient (Wildman–Crippen LogP) is 4.65. The van der Waals surface area contributed by atoms with E-state index in [1.165, 1.54) is 35.2 Å². The zero-order chi connectivity index (χ0) is 15.5. The van der Waals surface area contributed by atoms with Crippen LogP contribution in [0.2, 0.25) is 5.02 Å². The van der Waals surface area contributed by atoms with Gasteiger partial charge in [-0.1, -0.05) is 46.8 Å². The lowest BCUT2D eigenvalue weighted by molar-refractivity contribution is -0.401. The van der Waals surface area contributed by atoms with Gasteiger partial charge < -0.3 is 4.42 Å². The summed E-state index contributed by atoms with van der Waals surface area (Å²) in [6.45, 7) is 0. The molecule has 0 spiro atoms. The Hall–Kier alpha value is -1.90. The smallest absolute Gasteiger partial charge is 0.398 e. The molecule has 0 aliphatic carbocycles. The molecule has 2 heterocycles. The SMILES string of the molecule is O=[N+]([O-])c1ccc(-c2nnc(SCc3cccc(Cl)c3)s2)o1. The Bertz CT molecular complexity index is 818. The monoisotopic (exact) mass is 353 g/mol. The molecule has 6 nitrogen and oxygen atoms in total. The quantitative estimate of drug-likeness (QED) is 0.377. The second-order valence-electron chi connectivity index (χ2n) is 4.19. The van der Waals surface area contributed by atoms with E-state index in [1.54, 1.807) is 0 Å². The van der Waals surface area contributed by atoms with E-state index in [2.05, 4.69) is 10.2 Å². The van der Waals surface area contributed by atoms with Crippen LogP contribution in [-0.4, -0.2) is 15.1 Å². The molecule has 0 unspecified atom stereocenters. The molecule has 3 rings (SSSR count). The Morgan fingerprint density at radius 1 is 1.32 bits per heavy atom. The van der Waals surface area contributed by atoms with E-state index in [4.69, 9.17) is 16.0 Å². The van der Waals surface area contributed by atoms with Gasteiger partial charge in [0.2, 0.25) is 0 Å². The highest BCUT2D eigenvalue weighted by atomic mass is 35.5. The summed E-state index contributed by atoms with van der Waals surface area (Å²) in [6.07, 6.45) is 0. The van der Waals surface area contributed by atoms with E-state index >= 15 is 0 Å². The van der Waals surface area contributed by atoms with Gasteiger partial charge in [0.25, 0.3) is 0 Å². The summed E-state index contributed by atoms with van der Waals surface area (Å²) in [7, 11) is 0. The fourth-order valence-electron chi connectivity index (χ4n) is 1.68. The van der Waals surface area contributed by atoms with Gasteiger partial charge in [-0.15, -0.1) is 10.2 Å². The van der Waals surface area contributed by atoms with Crippen LogP contribution in [0.1, 0.15) is 5.56 Å². The van der Waals surface area contributed by atoms with Crippen LogP contribution in [0.5, 0.6) is 0 Å². The number of benzene rings is 1. The Morgan fingerprint density at radius 3 is 2.91 bits per heavy atom. The second kappa shape index (κ2) is 6.47. The summed E-state index contributed by atoms with van der Waals surface area (Å²) in [5, 5.41) is 19.9. The van der Waals surface area contributed by atoms with Crippen molar-refractivity contribution in [2.45, 2.75) is 10.1 Å². The second-order valence-corrected chi connectivity index (χ2v) is 6.82. The molecule has 2 aromatic heterocycles. The molecular formula is C13H8ClN3O3S2. The number of hydrogen-bond donors (Lipinski definition) is 0. The van der Waals surface area contributed by atoms with Gasteiger partial charge in [0, 0.05) is 10.8 Å². The third-order valence-corrected chi connectivity index (χ3v) is 5.02. The van der Waals surface area contributed by atoms with Crippen LogP contribution < -0.4 is 0 Å². The van der Waals surface area contributed by atoms with Crippen LogP contribution in [0.15, 0.2) is 45.2 Å². The number of aromatic nitrogens is 2. The highest BCUT2D eigenvalue weighted by molar-refractivity contribution is 8.00. The van der Waals surface area contributed by atoms with Gasteiger partial charge in [-0.2, -0.15) is 0 Å². The number of halogens is 1. The molecule has 112 valence electrons. The largest absolute Gasteiger partial charge is 0.433 e. The predicted molar refractivity (Wildman–Crippen MR) is 85.3 cm³/mol. The summed E-state index contributed by atoms with van der Waals surface area (Å²) in [5.41, 5.74) is 1.09. The van der Waals surface area contributed by atoms with Crippen molar-refractivity contribution in [3.8, 4) is 10.8 Å². The maximum absolute atomic E-state index is 10.6. The van der Waals surface area contributed by atoms with Crippen molar-refractivity contribution in [2.75, 3.05) is 0 Å². The summed E-state index contributed by atoms with van der Waals surface area (Å²) >= 11 is 8.78. The van der Waals surface area contributed by atoms with Crippen LogP contribution in [0, 0.1) is 10.1 Å². The van der Waals surface area contributed by atoms with Crippen molar-refractivity contribution in [3.05, 3.63) is 57.1 Å². The molecule has 1 aromatic carbocycles. The first kappa shape index (κ1) is 15.0. The maximum atomic E-state index is 10.6. The molecule has 0 atom stereocenters. The molecule has 0 fully saturated rings. The third kappa shape index (κ3) is 3.46. The molecular weight excluding hydrogens is 346 g/mol. The summed E-state index contributed by atoms with van der Waals surface area (Å²) in [6, 6.07) is 10.4. The van der Waals surface area contributed by atoms with Crippen LogP contribution in [-0.2, 0) is 5.75 Å². The van der Waals surface area contributed by atoms with Crippen molar-refractivity contribution in [1.29, 1.82) is 0 Å². The van der Waals surface area contributed by atoms with Gasteiger partial charge in [-0.3, -0.25) is 10.1 Å². The van der Waals surface area contributed by atoms with Crippen molar-refractivity contribution < 1.29 is 9.34 Å². The number of furan rings is 1. The fourth-order valence-corrected chi connectivity index (χ4v) is 3.65. The summed E-state index contributed by atoms with van der Waals surface area (Å²) in [5.74, 6) is 0.755. The minimum absolute atomic E-state index is 0.307. The van der Waals surface area contributed by atoms with Gasteiger partial charge in [-0.05, 0) is 23.8 Å². The standard InChI is InChI=1S/C13H8ClN3O3S2/c14-9-3-1-2-8(6-9)7-21-13-16-15-12(22-13)10-4-5-11(20-10)17(18)19/h1-6H,7H2. The highest BCUT2D eigenvalue weighted by Crippen LogP contribution is 2.33. The Labute approximate surface area is 138 Å². The number of thioether (sulfide) groups is 1. The van der Waals surface area contributed by atoms with Crippen molar-refractivity contribution in [2.24, 2.45) is 0 Å². The molecule has 0 aliphatic rings. The minimum atomic E-state index is -0.584. The lowest BCUT2D eigenvalue weighted by Gasteiger charge is -1.98. The lowest BCUT2D eigenvalue weighted by atomic mass is 10.2. The van der Waals surface area contributed by atoms with Gasteiger partial charge in [0.1, 0.15) is 4.92 Å². The lowest BCUT2D eigenvalue weighted by Crippen LogP contribution is -1.82. The van der Waals surface area contributed by atoms with E-state index in [0.29, 0.717) is 21.5 Å². The summed E-state index contributed by atoms with van der Waals surface area (Å²) < 4.78 is 5.86. The molecule has 22 heavy (non-hydrogen) atoms. The van der Waals surface area contributed by atoms with Gasteiger partial charge in [0.15, 0.2) is 15.1 Å². The van der Waals surface area contributed by atoms with Crippen LogP contribution >= 0.6 is 34.7 Å². The molecule has 0 radical (unpaired) electrons. The molecule has 0 bridgehead atoms. The topological polar surface area (TPSA) is 82.1 Å². The third-order valence-electron chi connectivity index (χ3n) is 2.64. The normalized spacial score (nSPS) is 10.8. The Balaban J connectivity index is 1.69. The molecule has 0 amide bonds. The summed E-state index contributed by atoms with van der Waals surface area (Å²) in [4.78, 5) is 10.0. The molecule has 0 saturated heterocycles. The van der Waals surface area contributed by atoms with E-state index in [0.717, 1.165) is 9.90 Å². The number of nitro groups is 1. The average molecular weight is 354 g/mol. The molecule has 0 N–H and O–H groups in total. The zero-order valence-electron chi connectivity index (χ0n) is 10.9. The number of rotatable bonds is 5. The molecule has 3 aromatic rings. The molecule has 9 heteroatoms. The minimum Gasteiger partial charge on any atom is -0.398 e. The Kier molecular flexibility index (Phi) is 4.41. The average Bonchev–Trinajstić information content (AvgIpc) is 3.14. The Morgan fingerprint density at radius 2 is 2.18 bits per heavy atom. The fraction of sp³-hybridized carbons (Fsp3) is 0.0769. The van der Waals surface area contributed by atoms with E-state index in [-0.39, 0.29) is 5.88 Å². The first-order valence-electron chi connectivity index (χ1n) is 6.07. The van der Waals surface area contributed by atoms with E-state index in [1.807, 2.05) is 24.3 Å². The first-order chi connectivity index (χ1) is 10.6. The molecule has 0 saturated carbocycles.